The molecule has 1 aromatic heterocycles. The van der Waals surface area contributed by atoms with E-state index in [0.29, 0.717) is 19.3 Å². The molecule has 0 bridgehead atoms. The predicted octanol–water partition coefficient (Wildman–Crippen LogP) is 8.72. The lowest BCUT2D eigenvalue weighted by atomic mass is 10.1. The number of nitrogens with zero attached hydrogens (tertiary/aromatic N) is 2. The van der Waals surface area contributed by atoms with Crippen molar-refractivity contribution in [3.05, 3.63) is 144 Å². The molecule has 1 aromatic rings. The Kier molecular flexibility index (Phi) is 35.6. The van der Waals surface area contributed by atoms with Crippen molar-refractivity contribution < 1.29 is 76.5 Å². The molecule has 2 heterocycles. The number of aliphatic hydroxyl groups excluding tert-OH is 4. The van der Waals surface area contributed by atoms with Gasteiger partial charge in [0.1, 0.15) is 30.7 Å². The van der Waals surface area contributed by atoms with Crippen molar-refractivity contribution in [2.75, 3.05) is 25.6 Å². The standard InChI is InChI=1S/C54H81N3O17P2/c1-3-5-7-9-11-12-13-14-15-16-17-18-19-20-21-22-23-25-31-37-49(60)69-41-46(72-50(61)38-32-36-45(59)35-30-27-26-29-34-44(58)33-28-24-10-8-6-4-2)42-70-75(65,66)74-76(67,68)71-43-47-51(62)52(63)53(73-47)57-40-39-48(55)56-54(57)64/h5,7,11-12,14-15,17-18,20-21,23-30,34-35,39-40,44-47,51-53,58-59,62-63H,3-4,6,8-10,13,16,19,22,31-33,36-38,41-43H2,1-2H3,(H,65,66)(H,67,68)(H2,55,56,64)/b7-5-,12-11-,15-14-,18-17-,21-20-,25-23-,27-26+,28-24-,34-29+,35-30-/t44-,45-,46+,47+,51+,52+,53+/m0/s1. The van der Waals surface area contributed by atoms with Gasteiger partial charge in [-0.05, 0) is 83.1 Å². The van der Waals surface area contributed by atoms with E-state index >= 15 is 0 Å². The summed E-state index contributed by atoms with van der Waals surface area (Å²) < 4.78 is 56.5. The molecule has 1 aliphatic rings. The molecule has 0 amide bonds. The molecular weight excluding hydrogens is 1020 g/mol. The number of unbranched alkanes of at least 4 members (excludes halogenated alkanes) is 3. The van der Waals surface area contributed by atoms with Gasteiger partial charge in [-0.1, -0.05) is 148 Å². The molecule has 1 aliphatic heterocycles. The Labute approximate surface area is 447 Å². The minimum atomic E-state index is -5.51. The van der Waals surface area contributed by atoms with Crippen molar-refractivity contribution in [2.24, 2.45) is 0 Å². The third kappa shape index (κ3) is 32.6. The second kappa shape index (κ2) is 40.3. The van der Waals surface area contributed by atoms with Crippen LogP contribution in [0.15, 0.2) is 139 Å². The Morgan fingerprint density at radius 3 is 1.91 bits per heavy atom. The number of ether oxygens (including phenoxy) is 3. The molecule has 2 rings (SSSR count). The fourth-order valence-corrected chi connectivity index (χ4v) is 8.82. The van der Waals surface area contributed by atoms with E-state index in [-0.39, 0.29) is 31.5 Å². The topological polar surface area (TPSA) is 306 Å². The summed E-state index contributed by atoms with van der Waals surface area (Å²) in [7, 11) is -11.0. The first-order valence-electron chi connectivity index (χ1n) is 25.8. The fourth-order valence-electron chi connectivity index (χ4n) is 6.71. The fraction of sp³-hybridized carbons (Fsp3) is 0.519. The number of carbonyl (C=O) groups excluding carboxylic acids is 2. The van der Waals surface area contributed by atoms with E-state index in [1.165, 1.54) is 18.6 Å². The minimum Gasteiger partial charge on any atom is -0.462 e. The molecule has 1 saturated heterocycles. The van der Waals surface area contributed by atoms with Crippen molar-refractivity contribution in [3.8, 4) is 0 Å². The molecule has 0 spiro atoms. The van der Waals surface area contributed by atoms with E-state index in [0.717, 1.165) is 62.1 Å². The predicted molar refractivity (Wildman–Crippen MR) is 291 cm³/mol. The van der Waals surface area contributed by atoms with Gasteiger partial charge in [-0.3, -0.25) is 23.2 Å². The Morgan fingerprint density at radius 1 is 0.724 bits per heavy atom. The highest BCUT2D eigenvalue weighted by Gasteiger charge is 2.46. The molecule has 8 N–H and O–H groups in total. The van der Waals surface area contributed by atoms with Crippen LogP contribution in [0.4, 0.5) is 5.82 Å². The number of aromatic nitrogens is 2. The first-order valence-corrected chi connectivity index (χ1v) is 28.8. The molecule has 424 valence electrons. The Balaban J connectivity index is 1.91. The zero-order valence-electron chi connectivity index (χ0n) is 43.7. The number of nitrogen functional groups attached to an aromatic ring is 1. The van der Waals surface area contributed by atoms with Crippen molar-refractivity contribution in [2.45, 2.75) is 159 Å². The molecule has 20 nitrogen and oxygen atoms in total. The highest BCUT2D eigenvalue weighted by molar-refractivity contribution is 7.61. The molecule has 1 fully saturated rings. The number of phosphoric acid groups is 2. The van der Waals surface area contributed by atoms with Crippen LogP contribution in [0.25, 0.3) is 0 Å². The summed E-state index contributed by atoms with van der Waals surface area (Å²) >= 11 is 0. The zero-order chi connectivity index (χ0) is 55.9. The second-order valence-electron chi connectivity index (χ2n) is 17.3. The summed E-state index contributed by atoms with van der Waals surface area (Å²) in [6, 6.07) is 1.23. The SMILES string of the molecule is CC/C=C\C/C=C\C/C=C\C/C=C\C/C=C\C/C=C\CCC(=O)OC[C@H](COP(=O)(O)OP(=O)(O)OC[C@H]1O[C@@H](n2ccc(N)nc2=O)[C@H](O)[C@@H]1O)OC(=O)CCC[C@@H](O)\C=C/C=C/C=C/[C@@H](O)C/C=C\CCCCC. The number of esters is 2. The average Bonchev–Trinajstić information content (AvgIpc) is 3.65. The smallest absolute Gasteiger partial charge is 0.462 e. The van der Waals surface area contributed by atoms with E-state index in [4.69, 9.17) is 29.0 Å². The summed E-state index contributed by atoms with van der Waals surface area (Å²) in [5, 5.41) is 41.4. The van der Waals surface area contributed by atoms with Gasteiger partial charge >= 0.3 is 33.3 Å². The maximum absolute atomic E-state index is 12.9. The van der Waals surface area contributed by atoms with Crippen molar-refractivity contribution in [1.82, 2.24) is 9.55 Å². The van der Waals surface area contributed by atoms with E-state index < -0.39 is 95.9 Å². The molecule has 22 heteroatoms. The quantitative estimate of drug-likeness (QED) is 0.0106. The minimum absolute atomic E-state index is 0.0587. The van der Waals surface area contributed by atoms with Gasteiger partial charge < -0.3 is 50.2 Å². The van der Waals surface area contributed by atoms with E-state index in [9.17, 15) is 53.7 Å². The monoisotopic (exact) mass is 1110 g/mol. The van der Waals surface area contributed by atoms with Crippen molar-refractivity contribution >= 4 is 33.4 Å². The number of allylic oxidation sites excluding steroid dienone is 17. The largest absolute Gasteiger partial charge is 0.481 e. The lowest BCUT2D eigenvalue weighted by molar-refractivity contribution is -0.161. The molecule has 0 radical (unpaired) electrons. The summed E-state index contributed by atoms with van der Waals surface area (Å²) in [6.45, 7) is 1.65. The number of carbonyl (C=O) groups is 2. The van der Waals surface area contributed by atoms with Crippen LogP contribution in [0.5, 0.6) is 0 Å². The number of rotatable bonds is 40. The molecule has 76 heavy (non-hydrogen) atoms. The van der Waals surface area contributed by atoms with E-state index in [1.807, 2.05) is 24.3 Å². The molecule has 0 saturated carbocycles. The van der Waals surface area contributed by atoms with Crippen LogP contribution >= 0.6 is 15.6 Å². The maximum atomic E-state index is 12.9. The van der Waals surface area contributed by atoms with Gasteiger partial charge in [0, 0.05) is 19.0 Å². The van der Waals surface area contributed by atoms with E-state index in [2.05, 4.69) is 77.8 Å². The highest BCUT2D eigenvalue weighted by atomic mass is 31.3. The van der Waals surface area contributed by atoms with Crippen LogP contribution in [-0.2, 0) is 46.3 Å². The van der Waals surface area contributed by atoms with Crippen LogP contribution in [0.3, 0.4) is 0 Å². The summed E-state index contributed by atoms with van der Waals surface area (Å²) in [5.41, 5.74) is 4.55. The molecular formula is C54H81N3O17P2. The van der Waals surface area contributed by atoms with Gasteiger partial charge in [-0.2, -0.15) is 9.29 Å². The first-order chi connectivity index (χ1) is 36.5. The molecule has 2 unspecified atom stereocenters. The van der Waals surface area contributed by atoms with Crippen LogP contribution in [0, 0.1) is 0 Å². The second-order valence-corrected chi connectivity index (χ2v) is 20.4. The Hall–Kier alpha value is -4.92. The van der Waals surface area contributed by atoms with Crippen molar-refractivity contribution in [1.29, 1.82) is 0 Å². The number of aliphatic hydroxyl groups is 4. The number of hydrogen-bond acceptors (Lipinski definition) is 17. The van der Waals surface area contributed by atoms with Crippen LogP contribution in [0.1, 0.15) is 123 Å². The lowest BCUT2D eigenvalue weighted by Gasteiger charge is -2.21. The summed E-state index contributed by atoms with van der Waals surface area (Å²) in [6.07, 6.45) is 40.6. The van der Waals surface area contributed by atoms with Crippen LogP contribution in [-0.4, -0.2) is 108 Å². The number of hydrogen-bond donors (Lipinski definition) is 7. The molecule has 9 atom stereocenters. The summed E-state index contributed by atoms with van der Waals surface area (Å²) in [5.74, 6) is -1.67. The van der Waals surface area contributed by atoms with E-state index in [1.54, 1.807) is 36.5 Å². The Morgan fingerprint density at radius 2 is 1.30 bits per heavy atom. The molecule has 0 aromatic carbocycles. The summed E-state index contributed by atoms with van der Waals surface area (Å²) in [4.78, 5) is 61.9. The Bertz CT molecular complexity index is 2290. The normalized spacial score (nSPS) is 20.5. The average molecular weight is 1110 g/mol. The van der Waals surface area contributed by atoms with Gasteiger partial charge in [0.25, 0.3) is 0 Å². The lowest BCUT2D eigenvalue weighted by Crippen LogP contribution is -2.36. The van der Waals surface area contributed by atoms with Crippen LogP contribution in [0.2, 0.25) is 0 Å². The van der Waals surface area contributed by atoms with Gasteiger partial charge in [0.2, 0.25) is 0 Å². The number of anilines is 1. The van der Waals surface area contributed by atoms with Crippen molar-refractivity contribution in [3.63, 3.8) is 0 Å². The first kappa shape index (κ1) is 67.2. The van der Waals surface area contributed by atoms with Gasteiger partial charge in [0.15, 0.2) is 12.3 Å². The number of nitrogens with two attached hydrogens (primary N) is 1. The molecule has 0 aliphatic carbocycles. The van der Waals surface area contributed by atoms with Crippen LogP contribution < -0.4 is 11.4 Å². The maximum Gasteiger partial charge on any atom is 0.481 e. The third-order valence-electron chi connectivity index (χ3n) is 10.7. The van der Waals surface area contributed by atoms with Gasteiger partial charge in [-0.25, -0.2) is 13.9 Å². The number of phosphoric ester groups is 2. The zero-order valence-corrected chi connectivity index (χ0v) is 45.5. The third-order valence-corrected chi connectivity index (χ3v) is 13.3. The van der Waals surface area contributed by atoms with Gasteiger partial charge in [0.05, 0.1) is 25.4 Å². The highest BCUT2D eigenvalue weighted by Crippen LogP contribution is 2.60. The van der Waals surface area contributed by atoms with Gasteiger partial charge in [-0.15, -0.1) is 0 Å².